The van der Waals surface area contributed by atoms with Crippen molar-refractivity contribution in [2.24, 2.45) is 28.9 Å². The summed E-state index contributed by atoms with van der Waals surface area (Å²) < 4.78 is 0. The number of rotatable bonds is 1. The predicted octanol–water partition coefficient (Wildman–Crippen LogP) is 2.87. The summed E-state index contributed by atoms with van der Waals surface area (Å²) in [6.07, 6.45) is 6.85. The molecule has 0 spiro atoms. The van der Waals surface area contributed by atoms with Crippen molar-refractivity contribution in [3.05, 3.63) is 0 Å². The van der Waals surface area contributed by atoms with Gasteiger partial charge in [-0.15, -0.1) is 0 Å². The third-order valence-corrected chi connectivity index (χ3v) is 5.94. The molecule has 0 amide bonds. The Kier molecular flexibility index (Phi) is 3.22. The SMILES string of the molecule is CC1CC(C)(C)CC1N1CC2CCCC(N)C2C1. The van der Waals surface area contributed by atoms with Crippen molar-refractivity contribution in [1.29, 1.82) is 0 Å². The van der Waals surface area contributed by atoms with Gasteiger partial charge in [-0.05, 0) is 48.9 Å². The molecule has 104 valence electrons. The van der Waals surface area contributed by atoms with E-state index in [1.54, 1.807) is 0 Å². The lowest BCUT2D eigenvalue weighted by Gasteiger charge is -2.30. The largest absolute Gasteiger partial charge is 0.327 e. The van der Waals surface area contributed by atoms with Crippen molar-refractivity contribution in [1.82, 2.24) is 4.90 Å². The smallest absolute Gasteiger partial charge is 0.0126 e. The van der Waals surface area contributed by atoms with Crippen molar-refractivity contribution in [2.45, 2.75) is 65.0 Å². The lowest BCUT2D eigenvalue weighted by Crippen LogP contribution is -2.39. The van der Waals surface area contributed by atoms with Crippen LogP contribution in [-0.4, -0.2) is 30.1 Å². The average molecular weight is 250 g/mol. The molecule has 3 aliphatic rings. The summed E-state index contributed by atoms with van der Waals surface area (Å²) in [6.45, 7) is 9.97. The summed E-state index contributed by atoms with van der Waals surface area (Å²) >= 11 is 0. The number of fused-ring (bicyclic) bond motifs is 1. The number of nitrogens with zero attached hydrogens (tertiary/aromatic N) is 1. The zero-order valence-electron chi connectivity index (χ0n) is 12.4. The van der Waals surface area contributed by atoms with E-state index in [1.165, 1.54) is 45.2 Å². The third kappa shape index (κ3) is 2.22. The molecule has 2 heteroatoms. The maximum atomic E-state index is 6.34. The van der Waals surface area contributed by atoms with Gasteiger partial charge in [-0.2, -0.15) is 0 Å². The van der Waals surface area contributed by atoms with Gasteiger partial charge in [-0.3, -0.25) is 4.90 Å². The zero-order chi connectivity index (χ0) is 12.9. The van der Waals surface area contributed by atoms with Crippen LogP contribution in [0.15, 0.2) is 0 Å². The molecular formula is C16H30N2. The molecule has 0 bridgehead atoms. The van der Waals surface area contributed by atoms with Gasteiger partial charge in [0.05, 0.1) is 0 Å². The molecule has 0 aromatic carbocycles. The lowest BCUT2D eigenvalue weighted by atomic mass is 9.78. The van der Waals surface area contributed by atoms with Gasteiger partial charge >= 0.3 is 0 Å². The van der Waals surface area contributed by atoms with Gasteiger partial charge in [0.2, 0.25) is 0 Å². The fourth-order valence-corrected chi connectivity index (χ4v) is 5.17. The minimum absolute atomic E-state index is 0.485. The number of hydrogen-bond donors (Lipinski definition) is 1. The second kappa shape index (κ2) is 4.49. The van der Waals surface area contributed by atoms with E-state index < -0.39 is 0 Å². The maximum absolute atomic E-state index is 6.34. The molecule has 2 aliphatic carbocycles. The highest BCUT2D eigenvalue weighted by molar-refractivity contribution is 4.99. The Labute approximate surface area is 112 Å². The molecule has 0 aromatic heterocycles. The Morgan fingerprint density at radius 2 is 1.89 bits per heavy atom. The van der Waals surface area contributed by atoms with Crippen molar-refractivity contribution in [3.63, 3.8) is 0 Å². The van der Waals surface area contributed by atoms with Crippen molar-refractivity contribution in [2.75, 3.05) is 13.1 Å². The summed E-state index contributed by atoms with van der Waals surface area (Å²) in [4.78, 5) is 2.81. The van der Waals surface area contributed by atoms with Crippen LogP contribution in [0.3, 0.4) is 0 Å². The van der Waals surface area contributed by atoms with E-state index in [0.717, 1.165) is 23.8 Å². The highest BCUT2D eigenvalue weighted by Gasteiger charge is 2.46. The van der Waals surface area contributed by atoms with Crippen molar-refractivity contribution in [3.8, 4) is 0 Å². The normalized spacial score (nSPS) is 48.3. The minimum atomic E-state index is 0.485. The molecule has 0 aromatic rings. The number of nitrogens with two attached hydrogens (primary N) is 1. The molecule has 3 fully saturated rings. The summed E-state index contributed by atoms with van der Waals surface area (Å²) in [5.41, 5.74) is 6.90. The van der Waals surface area contributed by atoms with E-state index in [4.69, 9.17) is 5.73 Å². The van der Waals surface area contributed by atoms with Crippen LogP contribution in [-0.2, 0) is 0 Å². The predicted molar refractivity (Wildman–Crippen MR) is 76.3 cm³/mol. The minimum Gasteiger partial charge on any atom is -0.327 e. The van der Waals surface area contributed by atoms with Gasteiger partial charge in [0.15, 0.2) is 0 Å². The molecule has 2 saturated carbocycles. The highest BCUT2D eigenvalue weighted by atomic mass is 15.2. The topological polar surface area (TPSA) is 29.3 Å². The van der Waals surface area contributed by atoms with E-state index in [2.05, 4.69) is 25.7 Å². The monoisotopic (exact) mass is 250 g/mol. The molecule has 2 N–H and O–H groups in total. The first-order valence-electron chi connectivity index (χ1n) is 7.96. The van der Waals surface area contributed by atoms with Crippen LogP contribution in [0.2, 0.25) is 0 Å². The zero-order valence-corrected chi connectivity index (χ0v) is 12.4. The molecule has 2 nitrogen and oxygen atoms in total. The van der Waals surface area contributed by atoms with Crippen LogP contribution in [0, 0.1) is 23.2 Å². The Morgan fingerprint density at radius 1 is 1.11 bits per heavy atom. The quantitative estimate of drug-likeness (QED) is 0.775. The molecule has 0 radical (unpaired) electrons. The summed E-state index contributed by atoms with van der Waals surface area (Å²) in [5, 5.41) is 0. The first-order valence-corrected chi connectivity index (χ1v) is 7.96. The summed E-state index contributed by atoms with van der Waals surface area (Å²) in [6, 6.07) is 1.32. The maximum Gasteiger partial charge on any atom is 0.0126 e. The first-order chi connectivity index (χ1) is 8.46. The van der Waals surface area contributed by atoms with E-state index in [9.17, 15) is 0 Å². The van der Waals surface area contributed by atoms with Crippen LogP contribution in [0.1, 0.15) is 52.9 Å². The first kappa shape index (κ1) is 12.9. The molecule has 1 aliphatic heterocycles. The molecule has 3 rings (SSSR count). The fraction of sp³-hybridized carbons (Fsp3) is 1.00. The lowest BCUT2D eigenvalue weighted by molar-refractivity contribution is 0.189. The van der Waals surface area contributed by atoms with E-state index >= 15 is 0 Å². The Bertz CT molecular complexity index is 312. The standard InChI is InChI=1S/C16H30N2/c1-11-7-16(2,3)8-15(11)18-9-12-5-4-6-14(17)13(12)10-18/h11-15H,4-10,17H2,1-3H3. The van der Waals surface area contributed by atoms with Crippen LogP contribution in [0.5, 0.6) is 0 Å². The second-order valence-electron chi connectivity index (χ2n) is 8.09. The van der Waals surface area contributed by atoms with E-state index in [0.29, 0.717) is 11.5 Å². The van der Waals surface area contributed by atoms with E-state index in [1.807, 2.05) is 0 Å². The molecule has 5 unspecified atom stereocenters. The van der Waals surface area contributed by atoms with Crippen LogP contribution < -0.4 is 5.73 Å². The summed E-state index contributed by atoms with van der Waals surface area (Å²) in [5.74, 6) is 2.58. The Morgan fingerprint density at radius 3 is 2.50 bits per heavy atom. The summed E-state index contributed by atoms with van der Waals surface area (Å²) in [7, 11) is 0. The number of hydrogen-bond acceptors (Lipinski definition) is 2. The molecule has 1 saturated heterocycles. The van der Waals surface area contributed by atoms with Crippen LogP contribution in [0.4, 0.5) is 0 Å². The Balaban J connectivity index is 1.68. The van der Waals surface area contributed by atoms with Crippen LogP contribution >= 0.6 is 0 Å². The van der Waals surface area contributed by atoms with E-state index in [-0.39, 0.29) is 0 Å². The molecule has 1 heterocycles. The Hall–Kier alpha value is -0.0800. The van der Waals surface area contributed by atoms with Gasteiger partial charge in [0.25, 0.3) is 0 Å². The van der Waals surface area contributed by atoms with Gasteiger partial charge < -0.3 is 5.73 Å². The molecule has 5 atom stereocenters. The van der Waals surface area contributed by atoms with Gasteiger partial charge in [-0.25, -0.2) is 0 Å². The number of likely N-dealkylation sites (tertiary alicyclic amines) is 1. The van der Waals surface area contributed by atoms with Crippen LogP contribution in [0.25, 0.3) is 0 Å². The van der Waals surface area contributed by atoms with Gasteiger partial charge in [-0.1, -0.05) is 27.2 Å². The molecule has 18 heavy (non-hydrogen) atoms. The van der Waals surface area contributed by atoms with Crippen molar-refractivity contribution < 1.29 is 0 Å². The fourth-order valence-electron chi connectivity index (χ4n) is 5.17. The van der Waals surface area contributed by atoms with Crippen molar-refractivity contribution >= 4 is 0 Å². The third-order valence-electron chi connectivity index (χ3n) is 5.94. The second-order valence-corrected chi connectivity index (χ2v) is 8.09. The molecular weight excluding hydrogens is 220 g/mol. The van der Waals surface area contributed by atoms with Gasteiger partial charge in [0.1, 0.15) is 0 Å². The average Bonchev–Trinajstić information content (AvgIpc) is 2.80. The van der Waals surface area contributed by atoms with Gasteiger partial charge in [0, 0.05) is 25.2 Å². The highest BCUT2D eigenvalue weighted by Crippen LogP contribution is 2.46.